The number of likely N-dealkylation sites (N-methyl/N-ethyl adjacent to an activating group) is 1. The van der Waals surface area contributed by atoms with Crippen molar-refractivity contribution in [2.45, 2.75) is 13.3 Å². The molecule has 82 valence electrons. The Morgan fingerprint density at radius 2 is 1.80 bits per heavy atom. The van der Waals surface area contributed by atoms with Crippen LogP contribution in [0.3, 0.4) is 0 Å². The second kappa shape index (κ2) is 4.82. The fourth-order valence-corrected chi connectivity index (χ4v) is 1.16. The zero-order valence-electron chi connectivity index (χ0n) is 8.11. The van der Waals surface area contributed by atoms with Gasteiger partial charge in [0.05, 0.1) is 6.42 Å². The maximum atomic E-state index is 13.1. The molecular formula is C10H10F3NO. The van der Waals surface area contributed by atoms with E-state index in [0.29, 0.717) is 18.7 Å². The van der Waals surface area contributed by atoms with Crippen molar-refractivity contribution in [3.8, 4) is 0 Å². The van der Waals surface area contributed by atoms with Gasteiger partial charge in [0, 0.05) is 24.2 Å². The number of carbonyl (C=O) groups is 1. The highest BCUT2D eigenvalue weighted by molar-refractivity contribution is 5.78. The Bertz CT molecular complexity index is 356. The van der Waals surface area contributed by atoms with Crippen LogP contribution in [0.1, 0.15) is 12.5 Å². The number of halogens is 3. The van der Waals surface area contributed by atoms with Gasteiger partial charge >= 0.3 is 0 Å². The number of nitrogens with one attached hydrogen (secondary N) is 1. The lowest BCUT2D eigenvalue weighted by Crippen LogP contribution is -2.25. The van der Waals surface area contributed by atoms with E-state index in [0.717, 1.165) is 0 Å². The summed E-state index contributed by atoms with van der Waals surface area (Å²) < 4.78 is 38.6. The van der Waals surface area contributed by atoms with Crippen LogP contribution >= 0.6 is 0 Å². The summed E-state index contributed by atoms with van der Waals surface area (Å²) in [4.78, 5) is 11.1. The summed E-state index contributed by atoms with van der Waals surface area (Å²) in [5.41, 5.74) is -0.414. The van der Waals surface area contributed by atoms with E-state index in [1.807, 2.05) is 0 Å². The molecule has 0 heterocycles. The Hall–Kier alpha value is -1.52. The third-order valence-electron chi connectivity index (χ3n) is 1.82. The molecule has 1 aromatic rings. The van der Waals surface area contributed by atoms with Gasteiger partial charge in [-0.25, -0.2) is 13.2 Å². The molecule has 0 radical (unpaired) electrons. The van der Waals surface area contributed by atoms with Crippen LogP contribution in [0.2, 0.25) is 0 Å². The highest BCUT2D eigenvalue weighted by atomic mass is 19.1. The van der Waals surface area contributed by atoms with Gasteiger partial charge in [-0.15, -0.1) is 0 Å². The standard InChI is InChI=1S/C10H10F3NO/c1-2-14-10(15)5-7-8(12)3-6(11)4-9(7)13/h3-4H,2,5H2,1H3,(H,14,15). The average molecular weight is 217 g/mol. The molecule has 0 aromatic heterocycles. The maximum Gasteiger partial charge on any atom is 0.224 e. The van der Waals surface area contributed by atoms with E-state index in [2.05, 4.69) is 5.32 Å². The lowest BCUT2D eigenvalue weighted by Gasteiger charge is -2.05. The summed E-state index contributed by atoms with van der Waals surface area (Å²) in [6.45, 7) is 2.07. The second-order valence-electron chi connectivity index (χ2n) is 2.98. The van der Waals surface area contributed by atoms with E-state index < -0.39 is 35.3 Å². The molecule has 0 unspecified atom stereocenters. The molecule has 1 aromatic carbocycles. The smallest absolute Gasteiger partial charge is 0.224 e. The van der Waals surface area contributed by atoms with E-state index >= 15 is 0 Å². The van der Waals surface area contributed by atoms with Gasteiger partial charge in [-0.3, -0.25) is 4.79 Å². The molecule has 0 fully saturated rings. The van der Waals surface area contributed by atoms with Crippen molar-refractivity contribution in [3.63, 3.8) is 0 Å². The maximum absolute atomic E-state index is 13.1. The molecule has 0 aliphatic heterocycles. The molecule has 1 rings (SSSR count). The number of hydrogen-bond donors (Lipinski definition) is 1. The zero-order valence-corrected chi connectivity index (χ0v) is 8.11. The molecule has 0 aliphatic rings. The topological polar surface area (TPSA) is 29.1 Å². The first-order valence-electron chi connectivity index (χ1n) is 4.44. The summed E-state index contributed by atoms with van der Waals surface area (Å²) in [5.74, 6) is -3.58. The third kappa shape index (κ3) is 2.97. The minimum Gasteiger partial charge on any atom is -0.356 e. The molecule has 1 amide bonds. The number of carbonyl (C=O) groups excluding carboxylic acids is 1. The highest BCUT2D eigenvalue weighted by Crippen LogP contribution is 2.15. The van der Waals surface area contributed by atoms with Gasteiger partial charge in [0.15, 0.2) is 0 Å². The Labute approximate surface area is 85.1 Å². The van der Waals surface area contributed by atoms with Crippen molar-refractivity contribution in [2.75, 3.05) is 6.54 Å². The van der Waals surface area contributed by atoms with Crippen LogP contribution in [0.4, 0.5) is 13.2 Å². The third-order valence-corrected chi connectivity index (χ3v) is 1.82. The molecule has 0 atom stereocenters. The molecule has 0 spiro atoms. The average Bonchev–Trinajstić information content (AvgIpc) is 2.11. The van der Waals surface area contributed by atoms with Gasteiger partial charge < -0.3 is 5.32 Å². The van der Waals surface area contributed by atoms with Gasteiger partial charge in [0.25, 0.3) is 0 Å². The van der Waals surface area contributed by atoms with Crippen molar-refractivity contribution in [1.29, 1.82) is 0 Å². The summed E-state index contributed by atoms with van der Waals surface area (Å²) >= 11 is 0. The van der Waals surface area contributed by atoms with E-state index in [1.54, 1.807) is 6.92 Å². The summed E-state index contributed by atoms with van der Waals surface area (Å²) in [6.07, 6.45) is -0.425. The molecular weight excluding hydrogens is 207 g/mol. The van der Waals surface area contributed by atoms with Gasteiger partial charge in [-0.05, 0) is 6.92 Å². The number of amides is 1. The SMILES string of the molecule is CCNC(=O)Cc1c(F)cc(F)cc1F. The molecule has 15 heavy (non-hydrogen) atoms. The van der Waals surface area contributed by atoms with Crippen LogP contribution < -0.4 is 5.32 Å². The van der Waals surface area contributed by atoms with Crippen LogP contribution in [0.5, 0.6) is 0 Å². The zero-order chi connectivity index (χ0) is 11.4. The highest BCUT2D eigenvalue weighted by Gasteiger charge is 2.14. The van der Waals surface area contributed by atoms with Crippen LogP contribution in [-0.4, -0.2) is 12.5 Å². The van der Waals surface area contributed by atoms with Crippen molar-refractivity contribution in [1.82, 2.24) is 5.32 Å². The normalized spacial score (nSPS) is 10.1. The van der Waals surface area contributed by atoms with E-state index in [9.17, 15) is 18.0 Å². The minimum atomic E-state index is -1.04. The first-order chi connectivity index (χ1) is 7.04. The molecule has 1 N–H and O–H groups in total. The summed E-state index contributed by atoms with van der Waals surface area (Å²) in [7, 11) is 0. The van der Waals surface area contributed by atoms with Gasteiger partial charge in [-0.2, -0.15) is 0 Å². The fourth-order valence-electron chi connectivity index (χ4n) is 1.16. The largest absolute Gasteiger partial charge is 0.356 e. The minimum absolute atomic E-state index is 0.378. The monoisotopic (exact) mass is 217 g/mol. The Morgan fingerprint density at radius 1 is 1.27 bits per heavy atom. The van der Waals surface area contributed by atoms with Crippen LogP contribution in [-0.2, 0) is 11.2 Å². The molecule has 5 heteroatoms. The van der Waals surface area contributed by atoms with Gasteiger partial charge in [0.2, 0.25) is 5.91 Å². The number of benzene rings is 1. The second-order valence-corrected chi connectivity index (χ2v) is 2.98. The lowest BCUT2D eigenvalue weighted by atomic mass is 10.1. The van der Waals surface area contributed by atoms with Crippen molar-refractivity contribution >= 4 is 5.91 Å². The van der Waals surface area contributed by atoms with E-state index in [1.165, 1.54) is 0 Å². The van der Waals surface area contributed by atoms with E-state index in [4.69, 9.17) is 0 Å². The molecule has 0 saturated heterocycles. The first-order valence-corrected chi connectivity index (χ1v) is 4.44. The van der Waals surface area contributed by atoms with Gasteiger partial charge in [-0.1, -0.05) is 0 Å². The van der Waals surface area contributed by atoms with Crippen molar-refractivity contribution in [3.05, 3.63) is 35.1 Å². The van der Waals surface area contributed by atoms with Crippen LogP contribution in [0, 0.1) is 17.5 Å². The predicted molar refractivity (Wildman–Crippen MR) is 48.7 cm³/mol. The van der Waals surface area contributed by atoms with Crippen LogP contribution in [0.15, 0.2) is 12.1 Å². The van der Waals surface area contributed by atoms with Crippen LogP contribution in [0.25, 0.3) is 0 Å². The van der Waals surface area contributed by atoms with E-state index in [-0.39, 0.29) is 0 Å². The fraction of sp³-hybridized carbons (Fsp3) is 0.300. The summed E-state index contributed by atoms with van der Waals surface area (Å²) in [5, 5.41) is 2.40. The molecule has 0 bridgehead atoms. The molecule has 0 saturated carbocycles. The quantitative estimate of drug-likeness (QED) is 0.821. The first kappa shape index (κ1) is 11.6. The molecule has 0 aliphatic carbocycles. The predicted octanol–water partition coefficient (Wildman–Crippen LogP) is 1.78. The molecule has 2 nitrogen and oxygen atoms in total. The lowest BCUT2D eigenvalue weighted by molar-refractivity contribution is -0.120. The van der Waals surface area contributed by atoms with Crippen molar-refractivity contribution < 1.29 is 18.0 Å². The Balaban J connectivity index is 2.90. The number of hydrogen-bond acceptors (Lipinski definition) is 1. The Kier molecular flexibility index (Phi) is 3.71. The summed E-state index contributed by atoms with van der Waals surface area (Å²) in [6, 6.07) is 1.11. The van der Waals surface area contributed by atoms with Gasteiger partial charge in [0.1, 0.15) is 17.5 Å². The van der Waals surface area contributed by atoms with Crippen molar-refractivity contribution in [2.24, 2.45) is 0 Å². The Morgan fingerprint density at radius 3 is 2.27 bits per heavy atom. The number of rotatable bonds is 3.